The lowest BCUT2D eigenvalue weighted by atomic mass is 10.1. The van der Waals surface area contributed by atoms with Crippen molar-refractivity contribution in [1.82, 2.24) is 5.32 Å². The second kappa shape index (κ2) is 5.46. The molecule has 88 valence electrons. The molecule has 0 aromatic heterocycles. The summed E-state index contributed by atoms with van der Waals surface area (Å²) in [4.78, 5) is 0. The van der Waals surface area contributed by atoms with Crippen LogP contribution in [-0.2, 0) is 6.54 Å². The molecule has 2 nitrogen and oxygen atoms in total. The van der Waals surface area contributed by atoms with Crippen LogP contribution in [0, 0.1) is 12.8 Å². The molecule has 0 spiro atoms. The van der Waals surface area contributed by atoms with Crippen LogP contribution in [0.25, 0.3) is 0 Å². The molecule has 1 unspecified atom stereocenters. The van der Waals surface area contributed by atoms with E-state index in [0.717, 1.165) is 18.9 Å². The van der Waals surface area contributed by atoms with E-state index >= 15 is 0 Å². The van der Waals surface area contributed by atoms with Crippen LogP contribution < -0.4 is 5.32 Å². The zero-order chi connectivity index (χ0) is 11.4. The highest BCUT2D eigenvalue weighted by atomic mass is 16.3. The molecule has 1 aromatic rings. The SMILES string of the molecule is Cc1cccc(CNC(CCO)C2CC2)c1. The third-order valence-corrected chi connectivity index (χ3v) is 3.28. The summed E-state index contributed by atoms with van der Waals surface area (Å²) in [6.07, 6.45) is 3.54. The molecule has 0 bridgehead atoms. The average molecular weight is 219 g/mol. The number of hydrogen-bond donors (Lipinski definition) is 2. The molecule has 2 heteroatoms. The Hall–Kier alpha value is -0.860. The first-order chi connectivity index (χ1) is 7.79. The van der Waals surface area contributed by atoms with E-state index in [1.54, 1.807) is 0 Å². The molecular weight excluding hydrogens is 198 g/mol. The zero-order valence-corrected chi connectivity index (χ0v) is 9.95. The Kier molecular flexibility index (Phi) is 3.97. The standard InChI is InChI=1S/C14H21NO/c1-11-3-2-4-12(9-11)10-15-14(7-8-16)13-5-6-13/h2-4,9,13-16H,5-8,10H2,1H3. The van der Waals surface area contributed by atoms with Crippen LogP contribution in [0.2, 0.25) is 0 Å². The van der Waals surface area contributed by atoms with Crippen molar-refractivity contribution in [1.29, 1.82) is 0 Å². The van der Waals surface area contributed by atoms with Crippen LogP contribution >= 0.6 is 0 Å². The summed E-state index contributed by atoms with van der Waals surface area (Å²) >= 11 is 0. The van der Waals surface area contributed by atoms with Crippen molar-refractivity contribution >= 4 is 0 Å². The fraction of sp³-hybridized carbons (Fsp3) is 0.571. The number of rotatable bonds is 6. The topological polar surface area (TPSA) is 32.3 Å². The molecule has 1 atom stereocenters. The quantitative estimate of drug-likeness (QED) is 0.769. The van der Waals surface area contributed by atoms with Crippen molar-refractivity contribution in [3.8, 4) is 0 Å². The predicted octanol–water partition coefficient (Wildman–Crippen LogP) is 2.25. The Bertz CT molecular complexity index is 333. The van der Waals surface area contributed by atoms with Gasteiger partial charge in [0.2, 0.25) is 0 Å². The molecule has 1 aliphatic rings. The highest BCUT2D eigenvalue weighted by Gasteiger charge is 2.30. The van der Waals surface area contributed by atoms with Gasteiger partial charge in [0.25, 0.3) is 0 Å². The highest BCUT2D eigenvalue weighted by Crippen LogP contribution is 2.34. The molecule has 1 aliphatic carbocycles. The Morgan fingerprint density at radius 2 is 2.25 bits per heavy atom. The molecule has 16 heavy (non-hydrogen) atoms. The predicted molar refractivity (Wildman–Crippen MR) is 66.2 cm³/mol. The van der Waals surface area contributed by atoms with Gasteiger partial charge in [0.15, 0.2) is 0 Å². The molecule has 0 heterocycles. The summed E-state index contributed by atoms with van der Waals surface area (Å²) in [5.41, 5.74) is 2.65. The summed E-state index contributed by atoms with van der Waals surface area (Å²) in [5.74, 6) is 0.803. The molecule has 2 N–H and O–H groups in total. The minimum absolute atomic E-state index is 0.294. The molecular formula is C14H21NO. The van der Waals surface area contributed by atoms with E-state index in [2.05, 4.69) is 36.5 Å². The van der Waals surface area contributed by atoms with Crippen LogP contribution in [0.1, 0.15) is 30.4 Å². The summed E-state index contributed by atoms with van der Waals surface area (Å²) in [5, 5.41) is 12.6. The van der Waals surface area contributed by atoms with E-state index in [0.29, 0.717) is 12.6 Å². The number of benzene rings is 1. The second-order valence-corrected chi connectivity index (χ2v) is 4.83. The Morgan fingerprint density at radius 3 is 2.88 bits per heavy atom. The first-order valence-electron chi connectivity index (χ1n) is 6.19. The minimum atomic E-state index is 0.294. The summed E-state index contributed by atoms with van der Waals surface area (Å²) in [6, 6.07) is 9.10. The van der Waals surface area contributed by atoms with Gasteiger partial charge in [0, 0.05) is 19.2 Å². The van der Waals surface area contributed by atoms with Crippen LogP contribution in [0.15, 0.2) is 24.3 Å². The van der Waals surface area contributed by atoms with Gasteiger partial charge in [-0.05, 0) is 37.7 Å². The van der Waals surface area contributed by atoms with E-state index in [-0.39, 0.29) is 0 Å². The fourth-order valence-corrected chi connectivity index (χ4v) is 2.21. The van der Waals surface area contributed by atoms with E-state index < -0.39 is 0 Å². The number of nitrogens with one attached hydrogen (secondary N) is 1. The fourth-order valence-electron chi connectivity index (χ4n) is 2.21. The van der Waals surface area contributed by atoms with E-state index in [1.807, 2.05) is 0 Å². The molecule has 1 aromatic carbocycles. The van der Waals surface area contributed by atoms with Gasteiger partial charge >= 0.3 is 0 Å². The summed E-state index contributed by atoms with van der Waals surface area (Å²) in [6.45, 7) is 3.33. The van der Waals surface area contributed by atoms with E-state index in [9.17, 15) is 0 Å². The van der Waals surface area contributed by atoms with Gasteiger partial charge in [-0.25, -0.2) is 0 Å². The maximum Gasteiger partial charge on any atom is 0.0445 e. The van der Waals surface area contributed by atoms with E-state index in [1.165, 1.54) is 24.0 Å². The van der Waals surface area contributed by atoms with Crippen LogP contribution in [0.4, 0.5) is 0 Å². The normalized spacial score (nSPS) is 17.4. The molecule has 0 radical (unpaired) electrons. The van der Waals surface area contributed by atoms with Crippen molar-refractivity contribution < 1.29 is 5.11 Å². The van der Waals surface area contributed by atoms with Crippen LogP contribution in [0.5, 0.6) is 0 Å². The molecule has 2 rings (SSSR count). The van der Waals surface area contributed by atoms with Crippen molar-refractivity contribution in [2.24, 2.45) is 5.92 Å². The van der Waals surface area contributed by atoms with Crippen LogP contribution in [0.3, 0.4) is 0 Å². The maximum atomic E-state index is 9.01. The summed E-state index contributed by atoms with van der Waals surface area (Å²) in [7, 11) is 0. The number of aryl methyl sites for hydroxylation is 1. The number of aliphatic hydroxyl groups is 1. The number of aliphatic hydroxyl groups excluding tert-OH is 1. The zero-order valence-electron chi connectivity index (χ0n) is 9.95. The maximum absolute atomic E-state index is 9.01. The number of hydrogen-bond acceptors (Lipinski definition) is 2. The van der Waals surface area contributed by atoms with Crippen LogP contribution in [-0.4, -0.2) is 17.8 Å². The van der Waals surface area contributed by atoms with Gasteiger partial charge in [-0.3, -0.25) is 0 Å². The first-order valence-corrected chi connectivity index (χ1v) is 6.19. The molecule has 0 aliphatic heterocycles. The smallest absolute Gasteiger partial charge is 0.0445 e. The van der Waals surface area contributed by atoms with Gasteiger partial charge in [-0.2, -0.15) is 0 Å². The molecule has 0 saturated heterocycles. The van der Waals surface area contributed by atoms with Gasteiger partial charge in [0.1, 0.15) is 0 Å². The van der Waals surface area contributed by atoms with Crippen molar-refractivity contribution in [3.63, 3.8) is 0 Å². The van der Waals surface area contributed by atoms with Gasteiger partial charge in [-0.1, -0.05) is 29.8 Å². The third kappa shape index (κ3) is 3.32. The molecule has 1 saturated carbocycles. The van der Waals surface area contributed by atoms with Crippen molar-refractivity contribution in [2.75, 3.05) is 6.61 Å². The van der Waals surface area contributed by atoms with Crippen molar-refractivity contribution in [2.45, 2.75) is 38.8 Å². The van der Waals surface area contributed by atoms with E-state index in [4.69, 9.17) is 5.11 Å². The monoisotopic (exact) mass is 219 g/mol. The van der Waals surface area contributed by atoms with Gasteiger partial charge < -0.3 is 10.4 Å². The average Bonchev–Trinajstić information content (AvgIpc) is 3.08. The Balaban J connectivity index is 1.85. The Labute approximate surface area is 97.7 Å². The lowest BCUT2D eigenvalue weighted by Crippen LogP contribution is -2.31. The van der Waals surface area contributed by atoms with Gasteiger partial charge in [0.05, 0.1) is 0 Å². The largest absolute Gasteiger partial charge is 0.396 e. The first kappa shape index (κ1) is 11.6. The molecule has 1 fully saturated rings. The summed E-state index contributed by atoms with van der Waals surface area (Å²) < 4.78 is 0. The minimum Gasteiger partial charge on any atom is -0.396 e. The highest BCUT2D eigenvalue weighted by molar-refractivity contribution is 5.22. The third-order valence-electron chi connectivity index (χ3n) is 3.28. The lowest BCUT2D eigenvalue weighted by molar-refractivity contribution is 0.256. The molecule has 0 amide bonds. The Morgan fingerprint density at radius 1 is 1.44 bits per heavy atom. The van der Waals surface area contributed by atoms with Crippen molar-refractivity contribution in [3.05, 3.63) is 35.4 Å². The van der Waals surface area contributed by atoms with Gasteiger partial charge in [-0.15, -0.1) is 0 Å². The second-order valence-electron chi connectivity index (χ2n) is 4.83. The lowest BCUT2D eigenvalue weighted by Gasteiger charge is -2.17.